The van der Waals surface area contributed by atoms with Crippen molar-refractivity contribution in [1.82, 2.24) is 0 Å². The quantitative estimate of drug-likeness (QED) is 0.528. The second-order valence-corrected chi connectivity index (χ2v) is 4.10. The molecule has 0 aliphatic heterocycles. The van der Waals surface area contributed by atoms with E-state index < -0.39 is 33.9 Å². The molecule has 0 radical (unpaired) electrons. The van der Waals surface area contributed by atoms with Gasteiger partial charge in [0.2, 0.25) is 0 Å². The molecular formula is C14H10FNO4. The molecule has 1 unspecified atom stereocenters. The molecule has 1 atom stereocenters. The van der Waals surface area contributed by atoms with Crippen LogP contribution in [-0.2, 0) is 0 Å². The average Bonchev–Trinajstić information content (AvgIpc) is 2.47. The van der Waals surface area contributed by atoms with E-state index in [2.05, 4.69) is 0 Å². The lowest BCUT2D eigenvalue weighted by Gasteiger charge is -2.10. The highest BCUT2D eigenvalue weighted by molar-refractivity contribution is 6.00. The zero-order valence-electron chi connectivity index (χ0n) is 10.2. The van der Waals surface area contributed by atoms with E-state index in [4.69, 9.17) is 0 Å². The van der Waals surface area contributed by atoms with E-state index in [0.29, 0.717) is 5.56 Å². The summed E-state index contributed by atoms with van der Waals surface area (Å²) in [6.45, 7) is 0. The van der Waals surface area contributed by atoms with Crippen LogP contribution in [0.3, 0.4) is 0 Å². The van der Waals surface area contributed by atoms with Gasteiger partial charge in [0.15, 0.2) is 5.78 Å². The maximum Gasteiger partial charge on any atom is 0.270 e. The number of carbonyl (C=O) groups excluding carboxylic acids is 1. The molecule has 6 heteroatoms. The van der Waals surface area contributed by atoms with Gasteiger partial charge in [0.1, 0.15) is 11.9 Å². The Kier molecular flexibility index (Phi) is 3.86. The van der Waals surface area contributed by atoms with Crippen LogP contribution in [0.2, 0.25) is 0 Å². The smallest absolute Gasteiger partial charge is 0.270 e. The summed E-state index contributed by atoms with van der Waals surface area (Å²) in [5.74, 6) is -1.83. The first-order chi connectivity index (χ1) is 9.50. The third kappa shape index (κ3) is 2.70. The molecule has 0 bridgehead atoms. The lowest BCUT2D eigenvalue weighted by molar-refractivity contribution is -0.384. The third-order valence-corrected chi connectivity index (χ3v) is 2.79. The number of Topliss-reactive ketones (excluding diaryl/α,β-unsaturated/α-hetero) is 1. The third-order valence-electron chi connectivity index (χ3n) is 2.79. The monoisotopic (exact) mass is 275 g/mol. The SMILES string of the molecule is O=C(c1cc([N+](=O)[O-])ccc1F)C(O)c1ccccc1. The number of hydrogen-bond acceptors (Lipinski definition) is 4. The van der Waals surface area contributed by atoms with E-state index in [1.54, 1.807) is 18.2 Å². The van der Waals surface area contributed by atoms with Crippen molar-refractivity contribution >= 4 is 11.5 Å². The molecule has 2 rings (SSSR count). The minimum absolute atomic E-state index is 0.295. The summed E-state index contributed by atoms with van der Waals surface area (Å²) in [6, 6.07) is 10.6. The first-order valence-electron chi connectivity index (χ1n) is 5.72. The lowest BCUT2D eigenvalue weighted by atomic mass is 9.99. The molecule has 0 fully saturated rings. The standard InChI is InChI=1S/C14H10FNO4/c15-12-7-6-10(16(19)20)8-11(12)14(18)13(17)9-4-2-1-3-5-9/h1-8,13,17H. The molecule has 0 saturated heterocycles. The predicted molar refractivity (Wildman–Crippen MR) is 68.8 cm³/mol. The van der Waals surface area contributed by atoms with Crippen LogP contribution in [0.15, 0.2) is 48.5 Å². The second kappa shape index (κ2) is 5.58. The second-order valence-electron chi connectivity index (χ2n) is 4.10. The number of nitro benzene ring substituents is 1. The Morgan fingerprint density at radius 3 is 2.45 bits per heavy atom. The van der Waals surface area contributed by atoms with Crippen molar-refractivity contribution in [3.63, 3.8) is 0 Å². The molecule has 102 valence electrons. The number of benzene rings is 2. The first kappa shape index (κ1) is 13.8. The number of ketones is 1. The fraction of sp³-hybridized carbons (Fsp3) is 0.0714. The van der Waals surface area contributed by atoms with Gasteiger partial charge in [-0.25, -0.2) is 4.39 Å². The van der Waals surface area contributed by atoms with Crippen LogP contribution >= 0.6 is 0 Å². The van der Waals surface area contributed by atoms with Gasteiger partial charge in [-0.3, -0.25) is 14.9 Å². The summed E-state index contributed by atoms with van der Waals surface area (Å²) in [6.07, 6.45) is -1.56. The number of non-ortho nitro benzene ring substituents is 1. The van der Waals surface area contributed by atoms with E-state index in [9.17, 15) is 24.4 Å². The van der Waals surface area contributed by atoms with Crippen molar-refractivity contribution in [1.29, 1.82) is 0 Å². The fourth-order valence-corrected chi connectivity index (χ4v) is 1.75. The van der Waals surface area contributed by atoms with Crippen molar-refractivity contribution < 1.29 is 19.2 Å². The predicted octanol–water partition coefficient (Wildman–Crippen LogP) is 2.65. The summed E-state index contributed by atoms with van der Waals surface area (Å²) < 4.78 is 13.6. The van der Waals surface area contributed by atoms with E-state index in [0.717, 1.165) is 18.2 Å². The Morgan fingerprint density at radius 1 is 1.20 bits per heavy atom. The largest absolute Gasteiger partial charge is 0.380 e. The minimum atomic E-state index is -1.56. The average molecular weight is 275 g/mol. The molecule has 2 aromatic carbocycles. The van der Waals surface area contributed by atoms with Gasteiger partial charge in [-0.05, 0) is 11.6 Å². The highest BCUT2D eigenvalue weighted by Crippen LogP contribution is 2.23. The number of nitro groups is 1. The molecule has 5 nitrogen and oxygen atoms in total. The number of hydrogen-bond donors (Lipinski definition) is 1. The highest BCUT2D eigenvalue weighted by atomic mass is 19.1. The van der Waals surface area contributed by atoms with Crippen LogP contribution in [0.4, 0.5) is 10.1 Å². The maximum atomic E-state index is 13.6. The van der Waals surface area contributed by atoms with Gasteiger partial charge in [0.25, 0.3) is 5.69 Å². The Hall–Kier alpha value is -2.60. The summed E-state index contributed by atoms with van der Waals surface area (Å²) in [5, 5.41) is 20.5. The maximum absolute atomic E-state index is 13.6. The van der Waals surface area contributed by atoms with Gasteiger partial charge in [0.05, 0.1) is 10.5 Å². The normalized spacial score (nSPS) is 11.9. The van der Waals surface area contributed by atoms with E-state index in [-0.39, 0.29) is 0 Å². The van der Waals surface area contributed by atoms with Crippen molar-refractivity contribution in [2.24, 2.45) is 0 Å². The van der Waals surface area contributed by atoms with Crippen LogP contribution < -0.4 is 0 Å². The van der Waals surface area contributed by atoms with E-state index in [1.807, 2.05) is 0 Å². The number of halogens is 1. The Balaban J connectivity index is 2.38. The fourth-order valence-electron chi connectivity index (χ4n) is 1.75. The summed E-state index contributed by atoms with van der Waals surface area (Å²) in [4.78, 5) is 21.9. The van der Waals surface area contributed by atoms with Crippen molar-refractivity contribution in [3.8, 4) is 0 Å². The molecular weight excluding hydrogens is 265 g/mol. The van der Waals surface area contributed by atoms with E-state index in [1.165, 1.54) is 12.1 Å². The molecule has 0 spiro atoms. The van der Waals surface area contributed by atoms with Crippen LogP contribution in [0.5, 0.6) is 0 Å². The summed E-state index contributed by atoms with van der Waals surface area (Å²) >= 11 is 0. The molecule has 0 aromatic heterocycles. The van der Waals surface area contributed by atoms with Crippen molar-refractivity contribution in [3.05, 3.63) is 75.6 Å². The number of aliphatic hydroxyl groups excluding tert-OH is 1. The van der Waals surface area contributed by atoms with Gasteiger partial charge in [-0.2, -0.15) is 0 Å². The van der Waals surface area contributed by atoms with Gasteiger partial charge in [-0.15, -0.1) is 0 Å². The molecule has 0 saturated carbocycles. The van der Waals surface area contributed by atoms with Gasteiger partial charge in [-0.1, -0.05) is 30.3 Å². The lowest BCUT2D eigenvalue weighted by Crippen LogP contribution is -2.14. The number of aliphatic hydroxyl groups is 1. The zero-order chi connectivity index (χ0) is 14.7. The van der Waals surface area contributed by atoms with Crippen molar-refractivity contribution in [2.45, 2.75) is 6.10 Å². The van der Waals surface area contributed by atoms with Crippen LogP contribution in [-0.4, -0.2) is 15.8 Å². The summed E-state index contributed by atoms with van der Waals surface area (Å²) in [7, 11) is 0. The van der Waals surface area contributed by atoms with Gasteiger partial charge < -0.3 is 5.11 Å². The highest BCUT2D eigenvalue weighted by Gasteiger charge is 2.24. The Morgan fingerprint density at radius 2 is 1.85 bits per heavy atom. The van der Waals surface area contributed by atoms with Gasteiger partial charge in [0, 0.05) is 12.1 Å². The topological polar surface area (TPSA) is 80.4 Å². The molecule has 2 aromatic rings. The van der Waals surface area contributed by atoms with Crippen LogP contribution in [0.1, 0.15) is 22.0 Å². The van der Waals surface area contributed by atoms with Crippen LogP contribution in [0, 0.1) is 15.9 Å². The minimum Gasteiger partial charge on any atom is -0.380 e. The number of rotatable bonds is 4. The number of nitrogens with zero attached hydrogens (tertiary/aromatic N) is 1. The summed E-state index contributed by atoms with van der Waals surface area (Å²) in [5.41, 5.74) is -0.617. The molecule has 0 aliphatic rings. The van der Waals surface area contributed by atoms with E-state index >= 15 is 0 Å². The molecule has 0 amide bonds. The molecule has 20 heavy (non-hydrogen) atoms. The first-order valence-corrected chi connectivity index (χ1v) is 5.72. The van der Waals surface area contributed by atoms with Crippen molar-refractivity contribution in [2.75, 3.05) is 0 Å². The van der Waals surface area contributed by atoms with Gasteiger partial charge >= 0.3 is 0 Å². The number of carbonyl (C=O) groups is 1. The Bertz CT molecular complexity index is 657. The van der Waals surface area contributed by atoms with Crippen LogP contribution in [0.25, 0.3) is 0 Å². The molecule has 0 aliphatic carbocycles. The molecule has 0 heterocycles. The Labute approximate surface area is 113 Å². The molecule has 1 N–H and O–H groups in total. The zero-order valence-corrected chi connectivity index (χ0v) is 10.2.